The molecule has 1 atom stereocenters. The van der Waals surface area contributed by atoms with E-state index >= 15 is 0 Å². The molecule has 0 radical (unpaired) electrons. The molecule has 0 saturated heterocycles. The minimum Gasteiger partial charge on any atom is -0.271 e. The lowest BCUT2D eigenvalue weighted by Crippen LogP contribution is -2.28. The first-order valence-corrected chi connectivity index (χ1v) is 6.15. The maximum atomic E-state index is 5.67. The average Bonchev–Trinajstić information content (AvgIpc) is 2.40. The number of aromatic nitrogens is 1. The first kappa shape index (κ1) is 12.0. The zero-order valence-corrected chi connectivity index (χ0v) is 10.2. The molecule has 2 rings (SSSR count). The molecule has 1 unspecified atom stereocenters. The lowest BCUT2D eigenvalue weighted by molar-refractivity contribution is 0.498. The number of fused-ring (bicyclic) bond motifs is 1. The van der Waals surface area contributed by atoms with Gasteiger partial charge in [-0.3, -0.25) is 16.3 Å². The quantitative estimate of drug-likeness (QED) is 0.612. The van der Waals surface area contributed by atoms with E-state index in [1.54, 1.807) is 0 Å². The molecular weight excluding hydrogens is 210 g/mol. The van der Waals surface area contributed by atoms with Crippen LogP contribution in [0.1, 0.15) is 37.8 Å². The van der Waals surface area contributed by atoms with Crippen molar-refractivity contribution in [3.8, 4) is 0 Å². The fourth-order valence-corrected chi connectivity index (χ4v) is 2.19. The maximum absolute atomic E-state index is 5.67. The highest BCUT2D eigenvalue weighted by molar-refractivity contribution is 5.85. The molecule has 1 aromatic heterocycles. The van der Waals surface area contributed by atoms with Crippen LogP contribution in [0.25, 0.3) is 10.8 Å². The molecule has 0 amide bonds. The van der Waals surface area contributed by atoms with Crippen LogP contribution in [-0.2, 0) is 0 Å². The largest absolute Gasteiger partial charge is 0.271 e. The Bertz CT molecular complexity index is 476. The van der Waals surface area contributed by atoms with Crippen molar-refractivity contribution >= 4 is 10.8 Å². The maximum Gasteiger partial charge on any atom is 0.0466 e. The van der Waals surface area contributed by atoms with E-state index in [-0.39, 0.29) is 6.04 Å². The van der Waals surface area contributed by atoms with Crippen LogP contribution < -0.4 is 11.3 Å². The molecule has 3 N–H and O–H groups in total. The predicted octanol–water partition coefficient (Wildman–Crippen LogP) is 2.93. The standard InChI is InChI=1S/C14H19N3/c1-2-3-7-14(17-15)13-6-4-5-11-10-16-9-8-12(11)13/h4-6,8-10,14,17H,2-3,7,15H2,1H3. The van der Waals surface area contributed by atoms with E-state index < -0.39 is 0 Å². The Morgan fingerprint density at radius 1 is 1.35 bits per heavy atom. The van der Waals surface area contributed by atoms with E-state index in [2.05, 4.69) is 41.6 Å². The molecule has 0 spiro atoms. The number of unbranched alkanes of at least 4 members (excludes halogenated alkanes) is 1. The van der Waals surface area contributed by atoms with Gasteiger partial charge in [-0.1, -0.05) is 38.0 Å². The van der Waals surface area contributed by atoms with E-state index in [0.29, 0.717) is 0 Å². The van der Waals surface area contributed by atoms with Crippen LogP contribution >= 0.6 is 0 Å². The van der Waals surface area contributed by atoms with Crippen molar-refractivity contribution in [2.75, 3.05) is 0 Å². The highest BCUT2D eigenvalue weighted by atomic mass is 15.2. The minimum atomic E-state index is 0.223. The van der Waals surface area contributed by atoms with Gasteiger partial charge < -0.3 is 0 Å². The van der Waals surface area contributed by atoms with Crippen molar-refractivity contribution in [2.45, 2.75) is 32.2 Å². The number of nitrogens with zero attached hydrogens (tertiary/aromatic N) is 1. The number of pyridine rings is 1. The second kappa shape index (κ2) is 5.75. The van der Waals surface area contributed by atoms with Gasteiger partial charge in [-0.2, -0.15) is 0 Å². The van der Waals surface area contributed by atoms with Crippen molar-refractivity contribution in [3.63, 3.8) is 0 Å². The fourth-order valence-electron chi connectivity index (χ4n) is 2.19. The normalized spacial score (nSPS) is 12.8. The molecule has 17 heavy (non-hydrogen) atoms. The number of hydrogen-bond acceptors (Lipinski definition) is 3. The average molecular weight is 229 g/mol. The molecule has 1 aromatic carbocycles. The molecule has 0 bridgehead atoms. The van der Waals surface area contributed by atoms with E-state index in [0.717, 1.165) is 6.42 Å². The zero-order chi connectivity index (χ0) is 12.1. The highest BCUT2D eigenvalue weighted by Crippen LogP contribution is 2.26. The monoisotopic (exact) mass is 229 g/mol. The van der Waals surface area contributed by atoms with Crippen LogP contribution in [0.4, 0.5) is 0 Å². The summed E-state index contributed by atoms with van der Waals surface area (Å²) in [7, 11) is 0. The topological polar surface area (TPSA) is 50.9 Å². The number of nitrogens with two attached hydrogens (primary N) is 1. The fraction of sp³-hybridized carbons (Fsp3) is 0.357. The van der Waals surface area contributed by atoms with Gasteiger partial charge in [0.2, 0.25) is 0 Å². The summed E-state index contributed by atoms with van der Waals surface area (Å²) < 4.78 is 0. The van der Waals surface area contributed by atoms with E-state index in [4.69, 9.17) is 5.84 Å². The molecule has 0 aliphatic carbocycles. The van der Waals surface area contributed by atoms with Gasteiger partial charge in [0.25, 0.3) is 0 Å². The zero-order valence-electron chi connectivity index (χ0n) is 10.2. The Balaban J connectivity index is 2.38. The van der Waals surface area contributed by atoms with Gasteiger partial charge in [0.15, 0.2) is 0 Å². The van der Waals surface area contributed by atoms with Gasteiger partial charge in [0.05, 0.1) is 0 Å². The van der Waals surface area contributed by atoms with Crippen LogP contribution in [0.3, 0.4) is 0 Å². The molecule has 0 aliphatic heterocycles. The Morgan fingerprint density at radius 2 is 2.24 bits per heavy atom. The Labute approximate surface area is 102 Å². The summed E-state index contributed by atoms with van der Waals surface area (Å²) in [6.07, 6.45) is 7.15. The summed E-state index contributed by atoms with van der Waals surface area (Å²) in [5.74, 6) is 5.67. The van der Waals surface area contributed by atoms with Crippen molar-refractivity contribution in [1.29, 1.82) is 0 Å². The first-order valence-electron chi connectivity index (χ1n) is 6.15. The SMILES string of the molecule is CCCCC(NN)c1cccc2cnccc12. The third kappa shape index (κ3) is 2.62. The van der Waals surface area contributed by atoms with Gasteiger partial charge in [0, 0.05) is 23.8 Å². The third-order valence-electron chi connectivity index (χ3n) is 3.14. The summed E-state index contributed by atoms with van der Waals surface area (Å²) in [5.41, 5.74) is 4.19. The van der Waals surface area contributed by atoms with Crippen LogP contribution in [0.15, 0.2) is 36.7 Å². The summed E-state index contributed by atoms with van der Waals surface area (Å²) in [6, 6.07) is 8.57. The second-order valence-electron chi connectivity index (χ2n) is 4.31. The van der Waals surface area contributed by atoms with Gasteiger partial charge in [0.1, 0.15) is 0 Å². The molecular formula is C14H19N3. The summed E-state index contributed by atoms with van der Waals surface area (Å²) in [5, 5.41) is 2.41. The summed E-state index contributed by atoms with van der Waals surface area (Å²) >= 11 is 0. The third-order valence-corrected chi connectivity index (χ3v) is 3.14. The molecule has 3 nitrogen and oxygen atoms in total. The molecule has 1 heterocycles. The molecule has 0 aliphatic rings. The number of nitrogens with one attached hydrogen (secondary N) is 1. The Morgan fingerprint density at radius 3 is 3.00 bits per heavy atom. The Kier molecular flexibility index (Phi) is 4.07. The predicted molar refractivity (Wildman–Crippen MR) is 71.3 cm³/mol. The van der Waals surface area contributed by atoms with Crippen molar-refractivity contribution in [3.05, 3.63) is 42.2 Å². The van der Waals surface area contributed by atoms with E-state index in [1.165, 1.54) is 29.2 Å². The number of benzene rings is 1. The molecule has 3 heteroatoms. The smallest absolute Gasteiger partial charge is 0.0466 e. The van der Waals surface area contributed by atoms with E-state index in [1.807, 2.05) is 12.4 Å². The molecule has 90 valence electrons. The van der Waals surface area contributed by atoms with Crippen molar-refractivity contribution in [1.82, 2.24) is 10.4 Å². The molecule has 0 saturated carbocycles. The van der Waals surface area contributed by atoms with Crippen LogP contribution in [0.2, 0.25) is 0 Å². The summed E-state index contributed by atoms with van der Waals surface area (Å²) in [4.78, 5) is 4.15. The minimum absolute atomic E-state index is 0.223. The second-order valence-corrected chi connectivity index (χ2v) is 4.31. The Hall–Kier alpha value is -1.45. The summed E-state index contributed by atoms with van der Waals surface area (Å²) in [6.45, 7) is 2.20. The first-order chi connectivity index (χ1) is 8.36. The van der Waals surface area contributed by atoms with Gasteiger partial charge in [-0.25, -0.2) is 0 Å². The van der Waals surface area contributed by atoms with Gasteiger partial charge in [-0.15, -0.1) is 0 Å². The van der Waals surface area contributed by atoms with Gasteiger partial charge >= 0.3 is 0 Å². The lowest BCUT2D eigenvalue weighted by Gasteiger charge is -2.17. The van der Waals surface area contributed by atoms with Crippen LogP contribution in [0, 0.1) is 0 Å². The molecule has 2 aromatic rings. The van der Waals surface area contributed by atoms with Crippen molar-refractivity contribution in [2.24, 2.45) is 5.84 Å². The van der Waals surface area contributed by atoms with Crippen LogP contribution in [0.5, 0.6) is 0 Å². The van der Waals surface area contributed by atoms with E-state index in [9.17, 15) is 0 Å². The number of rotatable bonds is 5. The molecule has 0 fully saturated rings. The van der Waals surface area contributed by atoms with Crippen LogP contribution in [-0.4, -0.2) is 4.98 Å². The number of hydrazine groups is 1. The van der Waals surface area contributed by atoms with Gasteiger partial charge in [-0.05, 0) is 23.4 Å². The van der Waals surface area contributed by atoms with Crippen molar-refractivity contribution < 1.29 is 0 Å². The number of hydrogen-bond donors (Lipinski definition) is 2. The lowest BCUT2D eigenvalue weighted by atomic mass is 9.97. The highest BCUT2D eigenvalue weighted by Gasteiger charge is 2.11.